The molecule has 3 rings (SSSR count). The number of carbonyl (C=O) groups excluding carboxylic acids is 2. The predicted molar refractivity (Wildman–Crippen MR) is 121 cm³/mol. The van der Waals surface area contributed by atoms with Crippen molar-refractivity contribution in [1.82, 2.24) is 10.6 Å². The van der Waals surface area contributed by atoms with Gasteiger partial charge in [0.15, 0.2) is 0 Å². The van der Waals surface area contributed by atoms with Crippen LogP contribution in [0.3, 0.4) is 0 Å². The molecule has 0 aliphatic heterocycles. The smallest absolute Gasteiger partial charge is 0.407 e. The fraction of sp³-hybridized carbons (Fsp3) is 0.320. The molecule has 0 fully saturated rings. The summed E-state index contributed by atoms with van der Waals surface area (Å²) in [5.41, 5.74) is 4.43. The van der Waals surface area contributed by atoms with Gasteiger partial charge in [-0.05, 0) is 34.6 Å². The van der Waals surface area contributed by atoms with Crippen LogP contribution in [0.1, 0.15) is 37.3 Å². The van der Waals surface area contributed by atoms with Crippen LogP contribution >= 0.6 is 0 Å². The van der Waals surface area contributed by atoms with Crippen molar-refractivity contribution >= 4 is 18.0 Å². The Morgan fingerprint density at radius 1 is 1.03 bits per heavy atom. The summed E-state index contributed by atoms with van der Waals surface area (Å²) in [6, 6.07) is 14.0. The Kier molecular flexibility index (Phi) is 7.30. The summed E-state index contributed by atoms with van der Waals surface area (Å²) in [6.07, 6.45) is 0.774. The lowest BCUT2D eigenvalue weighted by atomic mass is 9.98. The summed E-state index contributed by atoms with van der Waals surface area (Å²) >= 11 is 0. The van der Waals surface area contributed by atoms with Gasteiger partial charge in [0.1, 0.15) is 18.7 Å². The zero-order chi connectivity index (χ0) is 23.3. The number of carboxylic acids is 1. The largest absolute Gasteiger partial charge is 0.480 e. The first kappa shape index (κ1) is 23.1. The van der Waals surface area contributed by atoms with Crippen molar-refractivity contribution < 1.29 is 24.2 Å². The maximum atomic E-state index is 12.6. The van der Waals surface area contributed by atoms with E-state index in [0.717, 1.165) is 22.3 Å². The molecule has 0 heterocycles. The number of carbonyl (C=O) groups is 3. The van der Waals surface area contributed by atoms with Gasteiger partial charge in [0, 0.05) is 5.92 Å². The van der Waals surface area contributed by atoms with Crippen molar-refractivity contribution in [1.29, 1.82) is 0 Å². The zero-order valence-electron chi connectivity index (χ0n) is 18.2. The van der Waals surface area contributed by atoms with E-state index >= 15 is 0 Å². The topological polar surface area (TPSA) is 105 Å². The molecule has 2 unspecified atom stereocenters. The average Bonchev–Trinajstić information content (AvgIpc) is 3.09. The Morgan fingerprint density at radius 3 is 2.09 bits per heavy atom. The summed E-state index contributed by atoms with van der Waals surface area (Å²) in [7, 11) is 0. The minimum absolute atomic E-state index is 0.0802. The number of hydrogen-bond donors (Lipinski definition) is 3. The van der Waals surface area contributed by atoms with Crippen LogP contribution in [0.15, 0.2) is 61.2 Å². The highest BCUT2D eigenvalue weighted by Crippen LogP contribution is 2.44. The number of alkyl carbamates (subject to hydrolysis) is 1. The molecule has 0 aromatic heterocycles. The number of ether oxygens (including phenoxy) is 1. The van der Waals surface area contributed by atoms with Crippen molar-refractivity contribution in [3.05, 3.63) is 72.3 Å². The SMILES string of the molecule is C=CCC(NC(=O)C(NC(=O)OCC1c2ccccc2-c2ccccc21)C(C)C)C(=O)O. The van der Waals surface area contributed by atoms with E-state index in [1.807, 2.05) is 36.4 Å². The monoisotopic (exact) mass is 436 g/mol. The van der Waals surface area contributed by atoms with Crippen LogP contribution in [0.5, 0.6) is 0 Å². The highest BCUT2D eigenvalue weighted by atomic mass is 16.5. The second-order valence-electron chi connectivity index (χ2n) is 8.12. The van der Waals surface area contributed by atoms with E-state index in [4.69, 9.17) is 4.74 Å². The molecule has 2 atom stereocenters. The van der Waals surface area contributed by atoms with Crippen LogP contribution in [0.2, 0.25) is 0 Å². The third kappa shape index (κ3) is 4.99. The molecule has 0 bridgehead atoms. The Labute approximate surface area is 187 Å². The van der Waals surface area contributed by atoms with Crippen molar-refractivity contribution in [2.24, 2.45) is 5.92 Å². The lowest BCUT2D eigenvalue weighted by Gasteiger charge is -2.24. The first-order valence-electron chi connectivity index (χ1n) is 10.6. The molecule has 168 valence electrons. The standard InChI is InChI=1S/C25H28N2O5/c1-4-9-21(24(29)30)26-23(28)22(15(2)3)27-25(31)32-14-20-18-12-7-5-10-16(18)17-11-6-8-13-19(17)20/h4-8,10-13,15,20-22H,1,9,14H2,2-3H3,(H,26,28)(H,27,31)(H,29,30). The molecule has 2 amide bonds. The van der Waals surface area contributed by atoms with E-state index in [1.54, 1.807) is 13.8 Å². The Morgan fingerprint density at radius 2 is 1.59 bits per heavy atom. The number of nitrogens with one attached hydrogen (secondary N) is 2. The minimum atomic E-state index is -1.16. The number of hydrogen-bond acceptors (Lipinski definition) is 4. The van der Waals surface area contributed by atoms with Gasteiger partial charge in [0.05, 0.1) is 0 Å². The highest BCUT2D eigenvalue weighted by molar-refractivity contribution is 5.89. The minimum Gasteiger partial charge on any atom is -0.480 e. The summed E-state index contributed by atoms with van der Waals surface area (Å²) in [5, 5.41) is 14.3. The van der Waals surface area contributed by atoms with Crippen molar-refractivity contribution in [2.45, 2.75) is 38.3 Å². The highest BCUT2D eigenvalue weighted by Gasteiger charge is 2.31. The van der Waals surface area contributed by atoms with Gasteiger partial charge >= 0.3 is 12.1 Å². The van der Waals surface area contributed by atoms with Gasteiger partial charge in [-0.1, -0.05) is 68.5 Å². The predicted octanol–water partition coefficient (Wildman–Crippen LogP) is 3.70. The molecular weight excluding hydrogens is 408 g/mol. The lowest BCUT2D eigenvalue weighted by Crippen LogP contribution is -2.53. The molecule has 7 nitrogen and oxygen atoms in total. The maximum absolute atomic E-state index is 12.6. The van der Waals surface area contributed by atoms with Crippen molar-refractivity contribution in [2.75, 3.05) is 6.61 Å². The van der Waals surface area contributed by atoms with Gasteiger partial charge in [0.2, 0.25) is 5.91 Å². The van der Waals surface area contributed by atoms with E-state index in [9.17, 15) is 19.5 Å². The lowest BCUT2D eigenvalue weighted by molar-refractivity contribution is -0.142. The van der Waals surface area contributed by atoms with E-state index in [0.29, 0.717) is 0 Å². The van der Waals surface area contributed by atoms with Crippen LogP contribution in [-0.4, -0.2) is 41.8 Å². The number of aliphatic carboxylic acids is 1. The molecule has 0 saturated heterocycles. The number of rotatable bonds is 9. The van der Waals surface area contributed by atoms with Gasteiger partial charge < -0.3 is 20.5 Å². The first-order chi connectivity index (χ1) is 15.3. The van der Waals surface area contributed by atoms with Crippen molar-refractivity contribution in [3.8, 4) is 11.1 Å². The summed E-state index contributed by atoms with van der Waals surface area (Å²) in [5.74, 6) is -2.11. The molecule has 2 aromatic carbocycles. The van der Waals surface area contributed by atoms with E-state index in [2.05, 4.69) is 29.3 Å². The molecular formula is C25H28N2O5. The molecule has 0 spiro atoms. The molecule has 3 N–H and O–H groups in total. The van der Waals surface area contributed by atoms with Crippen LogP contribution in [-0.2, 0) is 14.3 Å². The Balaban J connectivity index is 1.66. The molecule has 2 aromatic rings. The molecule has 0 saturated carbocycles. The fourth-order valence-electron chi connectivity index (χ4n) is 3.95. The van der Waals surface area contributed by atoms with Crippen LogP contribution < -0.4 is 10.6 Å². The maximum Gasteiger partial charge on any atom is 0.407 e. The second kappa shape index (κ2) is 10.1. The number of amides is 2. The number of benzene rings is 2. The average molecular weight is 437 g/mol. The van der Waals surface area contributed by atoms with Crippen molar-refractivity contribution in [3.63, 3.8) is 0 Å². The molecule has 1 aliphatic carbocycles. The molecule has 7 heteroatoms. The van der Waals surface area contributed by atoms with Crippen LogP contribution in [0, 0.1) is 5.92 Å². The molecule has 1 aliphatic rings. The summed E-state index contributed by atoms with van der Waals surface area (Å²) in [4.78, 5) is 36.5. The van der Waals surface area contributed by atoms with E-state index in [1.165, 1.54) is 6.08 Å². The first-order valence-corrected chi connectivity index (χ1v) is 10.6. The van der Waals surface area contributed by atoms with Gasteiger partial charge in [-0.15, -0.1) is 6.58 Å². The molecule has 32 heavy (non-hydrogen) atoms. The van der Waals surface area contributed by atoms with Gasteiger partial charge in [0.25, 0.3) is 0 Å². The summed E-state index contributed by atoms with van der Waals surface area (Å²) < 4.78 is 5.51. The normalized spacial score (nSPS) is 14.1. The number of carboxylic acid groups (broad SMARTS) is 1. The zero-order valence-corrected chi connectivity index (χ0v) is 18.2. The van der Waals surface area contributed by atoms with Crippen LogP contribution in [0.25, 0.3) is 11.1 Å². The van der Waals surface area contributed by atoms with Crippen LogP contribution in [0.4, 0.5) is 4.79 Å². The van der Waals surface area contributed by atoms with Gasteiger partial charge in [-0.3, -0.25) is 4.79 Å². The Hall–Kier alpha value is -3.61. The number of fused-ring (bicyclic) bond motifs is 3. The van der Waals surface area contributed by atoms with Gasteiger partial charge in [-0.25, -0.2) is 9.59 Å². The van der Waals surface area contributed by atoms with Gasteiger partial charge in [-0.2, -0.15) is 0 Å². The Bertz CT molecular complexity index is 971. The third-order valence-corrected chi connectivity index (χ3v) is 5.58. The van der Waals surface area contributed by atoms with E-state index in [-0.39, 0.29) is 24.9 Å². The second-order valence-corrected chi connectivity index (χ2v) is 8.12. The molecule has 0 radical (unpaired) electrons. The quantitative estimate of drug-likeness (QED) is 0.520. The third-order valence-electron chi connectivity index (χ3n) is 5.58. The van der Waals surface area contributed by atoms with E-state index < -0.39 is 30.1 Å². The summed E-state index contributed by atoms with van der Waals surface area (Å²) in [6.45, 7) is 7.16. The fourth-order valence-corrected chi connectivity index (χ4v) is 3.95.